The Morgan fingerprint density at radius 3 is 2.91 bits per heavy atom. The molecule has 0 amide bonds. The monoisotopic (exact) mass is 157 g/mol. The van der Waals surface area contributed by atoms with Gasteiger partial charge in [-0.3, -0.25) is 0 Å². The lowest BCUT2D eigenvalue weighted by molar-refractivity contribution is 0.172. The molecule has 0 saturated heterocycles. The first kappa shape index (κ1) is 9.01. The van der Waals surface area contributed by atoms with Gasteiger partial charge in [-0.1, -0.05) is 6.42 Å². The number of ether oxygens (including phenoxy) is 1. The van der Waals surface area contributed by atoms with Crippen molar-refractivity contribution in [1.29, 1.82) is 0 Å². The van der Waals surface area contributed by atoms with Crippen LogP contribution in [0.15, 0.2) is 0 Å². The van der Waals surface area contributed by atoms with Gasteiger partial charge in [0.2, 0.25) is 0 Å². The summed E-state index contributed by atoms with van der Waals surface area (Å²) in [5.74, 6) is 0.861. The summed E-state index contributed by atoms with van der Waals surface area (Å²) in [6.07, 6.45) is 5.35. The van der Waals surface area contributed by atoms with Crippen molar-refractivity contribution in [3.05, 3.63) is 0 Å². The van der Waals surface area contributed by atoms with Crippen LogP contribution in [0, 0.1) is 5.92 Å². The Bertz CT molecular complexity index is 106. The minimum Gasteiger partial charge on any atom is -0.385 e. The van der Waals surface area contributed by atoms with Crippen LogP contribution in [0.25, 0.3) is 0 Å². The third-order valence-corrected chi connectivity index (χ3v) is 2.72. The summed E-state index contributed by atoms with van der Waals surface area (Å²) in [6, 6.07) is 0.755. The fourth-order valence-corrected chi connectivity index (χ4v) is 2.03. The number of hydrogen-bond donors (Lipinski definition) is 1. The van der Waals surface area contributed by atoms with E-state index in [2.05, 4.69) is 12.4 Å². The Labute approximate surface area is 69.3 Å². The van der Waals surface area contributed by atoms with Gasteiger partial charge < -0.3 is 10.1 Å². The second kappa shape index (κ2) is 4.73. The fraction of sp³-hybridized carbons (Fsp3) is 1.00. The predicted molar refractivity (Wildman–Crippen MR) is 46.7 cm³/mol. The van der Waals surface area contributed by atoms with Gasteiger partial charge in [-0.05, 0) is 32.2 Å². The molecule has 0 aromatic carbocycles. The van der Waals surface area contributed by atoms with E-state index in [9.17, 15) is 0 Å². The van der Waals surface area contributed by atoms with E-state index in [0.29, 0.717) is 0 Å². The molecular weight excluding hydrogens is 138 g/mol. The van der Waals surface area contributed by atoms with E-state index in [0.717, 1.165) is 18.6 Å². The minimum absolute atomic E-state index is 0.755. The van der Waals surface area contributed by atoms with Gasteiger partial charge in [-0.25, -0.2) is 0 Å². The summed E-state index contributed by atoms with van der Waals surface area (Å²) in [4.78, 5) is 0. The molecule has 1 fully saturated rings. The molecule has 0 aromatic rings. The number of rotatable bonds is 4. The van der Waals surface area contributed by atoms with E-state index >= 15 is 0 Å². The first-order valence-corrected chi connectivity index (χ1v) is 4.54. The second-order valence-electron chi connectivity index (χ2n) is 3.37. The van der Waals surface area contributed by atoms with Gasteiger partial charge in [0.25, 0.3) is 0 Å². The Morgan fingerprint density at radius 1 is 1.45 bits per heavy atom. The van der Waals surface area contributed by atoms with Crippen molar-refractivity contribution in [2.45, 2.75) is 31.7 Å². The van der Waals surface area contributed by atoms with Gasteiger partial charge in [0, 0.05) is 19.8 Å². The molecule has 0 aliphatic heterocycles. The van der Waals surface area contributed by atoms with E-state index in [1.165, 1.54) is 25.7 Å². The van der Waals surface area contributed by atoms with Gasteiger partial charge in [0.05, 0.1) is 0 Å². The Balaban J connectivity index is 2.20. The quantitative estimate of drug-likeness (QED) is 0.666. The maximum Gasteiger partial charge on any atom is 0.0465 e. The molecule has 2 atom stereocenters. The van der Waals surface area contributed by atoms with Gasteiger partial charge in [-0.2, -0.15) is 0 Å². The largest absolute Gasteiger partial charge is 0.385 e. The molecule has 66 valence electrons. The highest BCUT2D eigenvalue weighted by atomic mass is 16.5. The highest BCUT2D eigenvalue weighted by Gasteiger charge is 2.24. The van der Waals surface area contributed by atoms with Crippen molar-refractivity contribution in [2.24, 2.45) is 5.92 Å². The Kier molecular flexibility index (Phi) is 3.87. The molecule has 2 nitrogen and oxygen atoms in total. The van der Waals surface area contributed by atoms with Gasteiger partial charge in [0.1, 0.15) is 0 Å². The van der Waals surface area contributed by atoms with Crippen LogP contribution in [-0.2, 0) is 4.74 Å². The summed E-state index contributed by atoms with van der Waals surface area (Å²) in [5, 5.41) is 3.37. The maximum atomic E-state index is 5.07. The molecule has 1 aliphatic carbocycles. The number of nitrogens with one attached hydrogen (secondary N) is 1. The molecule has 2 unspecified atom stereocenters. The van der Waals surface area contributed by atoms with Crippen LogP contribution in [0.3, 0.4) is 0 Å². The van der Waals surface area contributed by atoms with E-state index in [-0.39, 0.29) is 0 Å². The first-order valence-electron chi connectivity index (χ1n) is 4.54. The van der Waals surface area contributed by atoms with Crippen molar-refractivity contribution in [3.63, 3.8) is 0 Å². The molecule has 0 aromatic heterocycles. The maximum absolute atomic E-state index is 5.07. The van der Waals surface area contributed by atoms with Crippen LogP contribution in [0.1, 0.15) is 25.7 Å². The number of hydrogen-bond acceptors (Lipinski definition) is 2. The van der Waals surface area contributed by atoms with E-state index in [1.807, 2.05) is 0 Å². The van der Waals surface area contributed by atoms with Crippen LogP contribution >= 0.6 is 0 Å². The molecule has 1 saturated carbocycles. The van der Waals surface area contributed by atoms with Gasteiger partial charge in [0.15, 0.2) is 0 Å². The Hall–Kier alpha value is -0.0800. The Morgan fingerprint density at radius 2 is 2.27 bits per heavy atom. The topological polar surface area (TPSA) is 21.3 Å². The van der Waals surface area contributed by atoms with Crippen LogP contribution in [0.5, 0.6) is 0 Å². The molecule has 0 heterocycles. The highest BCUT2D eigenvalue weighted by Crippen LogP contribution is 2.27. The average Bonchev–Trinajstić information content (AvgIpc) is 2.47. The molecule has 1 N–H and O–H groups in total. The third-order valence-electron chi connectivity index (χ3n) is 2.72. The van der Waals surface area contributed by atoms with Crippen LogP contribution in [-0.4, -0.2) is 26.8 Å². The summed E-state index contributed by atoms with van der Waals surface area (Å²) in [5.41, 5.74) is 0. The summed E-state index contributed by atoms with van der Waals surface area (Å²) in [6.45, 7) is 0.919. The van der Waals surface area contributed by atoms with E-state index in [1.54, 1.807) is 7.11 Å². The van der Waals surface area contributed by atoms with Crippen molar-refractivity contribution in [1.82, 2.24) is 5.32 Å². The van der Waals surface area contributed by atoms with Crippen molar-refractivity contribution < 1.29 is 4.74 Å². The average molecular weight is 157 g/mol. The lowest BCUT2D eigenvalue weighted by atomic mass is 10.0. The molecule has 2 heteroatoms. The van der Waals surface area contributed by atoms with Gasteiger partial charge in [-0.15, -0.1) is 0 Å². The lowest BCUT2D eigenvalue weighted by Crippen LogP contribution is -2.29. The first-order chi connectivity index (χ1) is 5.38. The molecule has 1 aliphatic rings. The molecule has 0 bridgehead atoms. The molecular formula is C9H19NO. The summed E-state index contributed by atoms with van der Waals surface area (Å²) < 4.78 is 5.07. The van der Waals surface area contributed by atoms with Crippen LogP contribution in [0.4, 0.5) is 0 Å². The van der Waals surface area contributed by atoms with Gasteiger partial charge >= 0.3 is 0 Å². The molecule has 11 heavy (non-hydrogen) atoms. The summed E-state index contributed by atoms with van der Waals surface area (Å²) in [7, 11) is 3.85. The zero-order chi connectivity index (χ0) is 8.10. The molecule has 0 spiro atoms. The van der Waals surface area contributed by atoms with E-state index in [4.69, 9.17) is 4.74 Å². The molecule has 1 rings (SSSR count). The van der Waals surface area contributed by atoms with E-state index < -0.39 is 0 Å². The SMILES string of the molecule is CNC1CCCC1CCOC. The normalized spacial score (nSPS) is 31.1. The smallest absolute Gasteiger partial charge is 0.0465 e. The highest BCUT2D eigenvalue weighted by molar-refractivity contribution is 4.81. The molecule has 0 radical (unpaired) electrons. The van der Waals surface area contributed by atoms with Crippen LogP contribution < -0.4 is 5.32 Å². The van der Waals surface area contributed by atoms with Crippen molar-refractivity contribution in [2.75, 3.05) is 20.8 Å². The second-order valence-corrected chi connectivity index (χ2v) is 3.37. The third kappa shape index (κ3) is 2.46. The van der Waals surface area contributed by atoms with Crippen molar-refractivity contribution >= 4 is 0 Å². The predicted octanol–water partition coefficient (Wildman–Crippen LogP) is 1.41. The summed E-state index contributed by atoms with van der Waals surface area (Å²) >= 11 is 0. The number of methoxy groups -OCH3 is 1. The zero-order valence-electron chi connectivity index (χ0n) is 7.60. The lowest BCUT2D eigenvalue weighted by Gasteiger charge is -2.17. The van der Waals surface area contributed by atoms with Crippen molar-refractivity contribution in [3.8, 4) is 0 Å². The minimum atomic E-state index is 0.755. The standard InChI is InChI=1S/C9H19NO/c1-10-9-5-3-4-8(9)6-7-11-2/h8-10H,3-7H2,1-2H3. The zero-order valence-corrected chi connectivity index (χ0v) is 7.60. The van der Waals surface area contributed by atoms with Crippen LogP contribution in [0.2, 0.25) is 0 Å². The fourth-order valence-electron chi connectivity index (χ4n) is 2.03.